The summed E-state index contributed by atoms with van der Waals surface area (Å²) in [4.78, 5) is 11.9. The van der Waals surface area contributed by atoms with Crippen molar-refractivity contribution in [3.63, 3.8) is 0 Å². The van der Waals surface area contributed by atoms with Gasteiger partial charge in [-0.25, -0.2) is 8.78 Å². The maximum absolute atomic E-state index is 12.7. The SMILES string of the molecule is Cn1cc(C(=O)Nc2ccccc2Cl)c(C(F)F)n1. The number of rotatable bonds is 3. The number of benzene rings is 1. The van der Waals surface area contributed by atoms with Crippen LogP contribution in [0.3, 0.4) is 0 Å². The van der Waals surface area contributed by atoms with Crippen LogP contribution < -0.4 is 5.32 Å². The molecule has 1 aromatic carbocycles. The Balaban J connectivity index is 2.28. The molecule has 0 aliphatic heterocycles. The van der Waals surface area contributed by atoms with Crippen LogP contribution in [0.25, 0.3) is 0 Å². The Morgan fingerprint density at radius 2 is 2.11 bits per heavy atom. The second kappa shape index (κ2) is 5.36. The molecule has 1 heterocycles. The molecule has 7 heteroatoms. The third-order valence-corrected chi connectivity index (χ3v) is 2.76. The number of para-hydroxylation sites is 1. The lowest BCUT2D eigenvalue weighted by Crippen LogP contribution is -2.13. The van der Waals surface area contributed by atoms with Crippen molar-refractivity contribution in [2.45, 2.75) is 6.43 Å². The van der Waals surface area contributed by atoms with E-state index in [0.717, 1.165) is 0 Å². The average molecular weight is 286 g/mol. The molecule has 2 rings (SSSR count). The summed E-state index contributed by atoms with van der Waals surface area (Å²) in [7, 11) is 1.47. The normalized spacial score (nSPS) is 10.8. The largest absolute Gasteiger partial charge is 0.321 e. The number of aromatic nitrogens is 2. The molecule has 0 aliphatic carbocycles. The number of amides is 1. The van der Waals surface area contributed by atoms with Gasteiger partial charge in [-0.1, -0.05) is 23.7 Å². The summed E-state index contributed by atoms with van der Waals surface area (Å²) in [6, 6.07) is 6.55. The van der Waals surface area contributed by atoms with Crippen LogP contribution in [0.5, 0.6) is 0 Å². The van der Waals surface area contributed by atoms with E-state index in [-0.39, 0.29) is 5.56 Å². The van der Waals surface area contributed by atoms with E-state index in [1.165, 1.54) is 17.9 Å². The summed E-state index contributed by atoms with van der Waals surface area (Å²) in [6.45, 7) is 0. The van der Waals surface area contributed by atoms with Gasteiger partial charge in [0.05, 0.1) is 16.3 Å². The molecular formula is C12H10ClF2N3O. The zero-order chi connectivity index (χ0) is 14.0. The van der Waals surface area contributed by atoms with Crippen LogP contribution in [0.1, 0.15) is 22.5 Å². The lowest BCUT2D eigenvalue weighted by atomic mass is 10.2. The maximum atomic E-state index is 12.7. The molecule has 0 aliphatic rings. The Morgan fingerprint density at radius 1 is 1.42 bits per heavy atom. The monoisotopic (exact) mass is 285 g/mol. The van der Waals surface area contributed by atoms with Crippen LogP contribution in [-0.2, 0) is 7.05 Å². The number of carbonyl (C=O) groups excluding carboxylic acids is 1. The molecule has 0 saturated heterocycles. The summed E-state index contributed by atoms with van der Waals surface area (Å²) in [6.07, 6.45) is -1.57. The highest BCUT2D eigenvalue weighted by Gasteiger charge is 2.22. The molecule has 0 fully saturated rings. The van der Waals surface area contributed by atoms with Gasteiger partial charge < -0.3 is 5.32 Å². The lowest BCUT2D eigenvalue weighted by Gasteiger charge is -2.06. The minimum atomic E-state index is -2.81. The highest BCUT2D eigenvalue weighted by Crippen LogP contribution is 2.24. The summed E-state index contributed by atoms with van der Waals surface area (Å²) < 4.78 is 26.6. The molecule has 0 unspecified atom stereocenters. The van der Waals surface area contributed by atoms with Gasteiger partial charge in [0, 0.05) is 13.2 Å². The van der Waals surface area contributed by atoms with Crippen molar-refractivity contribution in [3.8, 4) is 0 Å². The number of aryl methyl sites for hydroxylation is 1. The molecule has 1 N–H and O–H groups in total. The fourth-order valence-corrected chi connectivity index (χ4v) is 1.78. The number of hydrogen-bond acceptors (Lipinski definition) is 2. The summed E-state index contributed by atoms with van der Waals surface area (Å²) >= 11 is 5.88. The first kappa shape index (κ1) is 13.5. The number of carbonyl (C=O) groups is 1. The van der Waals surface area contributed by atoms with Gasteiger partial charge in [-0.05, 0) is 12.1 Å². The van der Waals surface area contributed by atoms with Crippen LogP contribution >= 0.6 is 11.6 Å². The number of hydrogen-bond donors (Lipinski definition) is 1. The quantitative estimate of drug-likeness (QED) is 0.941. The van der Waals surface area contributed by atoms with Crippen LogP contribution in [0, 0.1) is 0 Å². The average Bonchev–Trinajstić information content (AvgIpc) is 2.74. The van der Waals surface area contributed by atoms with Crippen LogP contribution in [0.2, 0.25) is 5.02 Å². The highest BCUT2D eigenvalue weighted by molar-refractivity contribution is 6.33. The Bertz CT molecular complexity index is 613. The molecule has 1 amide bonds. The Hall–Kier alpha value is -1.95. The van der Waals surface area contributed by atoms with Crippen molar-refractivity contribution in [2.24, 2.45) is 7.05 Å². The zero-order valence-corrected chi connectivity index (χ0v) is 10.7. The van der Waals surface area contributed by atoms with E-state index < -0.39 is 18.0 Å². The minimum absolute atomic E-state index is 0.169. The van der Waals surface area contributed by atoms with E-state index in [1.54, 1.807) is 24.3 Å². The predicted molar refractivity (Wildman–Crippen MR) is 67.6 cm³/mol. The molecule has 100 valence electrons. The third-order valence-electron chi connectivity index (χ3n) is 2.43. The van der Waals surface area contributed by atoms with Crippen molar-refractivity contribution in [3.05, 3.63) is 46.7 Å². The van der Waals surface area contributed by atoms with Gasteiger partial charge in [0.15, 0.2) is 0 Å². The molecule has 2 aromatic rings. The van der Waals surface area contributed by atoms with Crippen molar-refractivity contribution >= 4 is 23.2 Å². The van der Waals surface area contributed by atoms with Crippen molar-refractivity contribution < 1.29 is 13.6 Å². The smallest absolute Gasteiger partial charge is 0.282 e. The van der Waals surface area contributed by atoms with E-state index >= 15 is 0 Å². The van der Waals surface area contributed by atoms with Gasteiger partial charge in [-0.15, -0.1) is 0 Å². The molecule has 0 bridgehead atoms. The fourth-order valence-electron chi connectivity index (χ4n) is 1.59. The summed E-state index contributed by atoms with van der Waals surface area (Å²) in [5, 5.41) is 6.38. The van der Waals surface area contributed by atoms with Crippen molar-refractivity contribution in [1.82, 2.24) is 9.78 Å². The minimum Gasteiger partial charge on any atom is -0.321 e. The molecular weight excluding hydrogens is 276 g/mol. The number of nitrogens with zero attached hydrogens (tertiary/aromatic N) is 2. The highest BCUT2D eigenvalue weighted by atomic mass is 35.5. The Morgan fingerprint density at radius 3 is 2.74 bits per heavy atom. The standard InChI is InChI=1S/C12H10ClF2N3O/c1-18-6-7(10(17-18)11(14)15)12(19)16-9-5-3-2-4-8(9)13/h2-6,11H,1H3,(H,16,19). The van der Waals surface area contributed by atoms with E-state index in [4.69, 9.17) is 11.6 Å². The number of halogens is 3. The maximum Gasteiger partial charge on any atom is 0.282 e. The summed E-state index contributed by atoms with van der Waals surface area (Å²) in [5.41, 5.74) is -0.359. The second-order valence-corrected chi connectivity index (χ2v) is 4.24. The number of nitrogens with one attached hydrogen (secondary N) is 1. The molecule has 0 saturated carbocycles. The van der Waals surface area contributed by atoms with E-state index in [0.29, 0.717) is 10.7 Å². The van der Waals surface area contributed by atoms with Gasteiger partial charge in [-0.2, -0.15) is 5.10 Å². The molecule has 0 atom stereocenters. The first-order chi connectivity index (χ1) is 8.99. The second-order valence-electron chi connectivity index (χ2n) is 3.84. The molecule has 4 nitrogen and oxygen atoms in total. The zero-order valence-electron chi connectivity index (χ0n) is 9.90. The topological polar surface area (TPSA) is 46.9 Å². The summed E-state index contributed by atoms with van der Waals surface area (Å²) in [5.74, 6) is -0.670. The lowest BCUT2D eigenvalue weighted by molar-refractivity contribution is 0.101. The Kier molecular flexibility index (Phi) is 3.80. The van der Waals surface area contributed by atoms with Gasteiger partial charge >= 0.3 is 0 Å². The first-order valence-corrected chi connectivity index (χ1v) is 5.74. The predicted octanol–water partition coefficient (Wildman–Crippen LogP) is 3.26. The van der Waals surface area contributed by atoms with Gasteiger partial charge in [0.2, 0.25) is 0 Å². The van der Waals surface area contributed by atoms with Gasteiger partial charge in [0.1, 0.15) is 5.69 Å². The molecule has 19 heavy (non-hydrogen) atoms. The third kappa shape index (κ3) is 2.90. The van der Waals surface area contributed by atoms with Gasteiger partial charge in [0.25, 0.3) is 12.3 Å². The fraction of sp³-hybridized carbons (Fsp3) is 0.167. The van der Waals surface area contributed by atoms with Crippen LogP contribution in [0.15, 0.2) is 30.5 Å². The van der Waals surface area contributed by atoms with Crippen molar-refractivity contribution in [2.75, 3.05) is 5.32 Å². The van der Waals surface area contributed by atoms with E-state index in [2.05, 4.69) is 10.4 Å². The first-order valence-electron chi connectivity index (χ1n) is 5.36. The van der Waals surface area contributed by atoms with Crippen LogP contribution in [0.4, 0.5) is 14.5 Å². The number of alkyl halides is 2. The van der Waals surface area contributed by atoms with E-state index in [1.807, 2.05) is 0 Å². The van der Waals surface area contributed by atoms with E-state index in [9.17, 15) is 13.6 Å². The van der Waals surface area contributed by atoms with Crippen LogP contribution in [-0.4, -0.2) is 15.7 Å². The molecule has 0 radical (unpaired) electrons. The molecule has 1 aromatic heterocycles. The Labute approximate surface area is 113 Å². The van der Waals surface area contributed by atoms with Crippen molar-refractivity contribution in [1.29, 1.82) is 0 Å². The van der Waals surface area contributed by atoms with Gasteiger partial charge in [-0.3, -0.25) is 9.48 Å². The number of anilines is 1. The molecule has 0 spiro atoms.